The Hall–Kier alpha value is -2.33. The number of benzene rings is 2. The minimum atomic E-state index is -3.57. The molecule has 1 aliphatic heterocycles. The summed E-state index contributed by atoms with van der Waals surface area (Å²) in [6.45, 7) is 3.73. The first kappa shape index (κ1) is 22.4. The van der Waals surface area contributed by atoms with Gasteiger partial charge in [-0.2, -0.15) is 4.31 Å². The average Bonchev–Trinajstić information content (AvgIpc) is 2.75. The molecule has 0 bridgehead atoms. The number of rotatable bonds is 8. The van der Waals surface area contributed by atoms with Crippen LogP contribution in [0, 0.1) is 0 Å². The van der Waals surface area contributed by atoms with Gasteiger partial charge in [-0.3, -0.25) is 4.79 Å². The lowest BCUT2D eigenvalue weighted by atomic mass is 10.3. The van der Waals surface area contributed by atoms with E-state index < -0.39 is 10.0 Å². The maximum atomic E-state index is 12.6. The Balaban J connectivity index is 1.59. The van der Waals surface area contributed by atoms with E-state index in [1.165, 1.54) is 16.4 Å². The van der Waals surface area contributed by atoms with E-state index in [1.54, 1.807) is 30.3 Å². The van der Waals surface area contributed by atoms with Crippen molar-refractivity contribution in [1.82, 2.24) is 4.31 Å². The second-order valence-corrected chi connectivity index (χ2v) is 8.84. The molecule has 2 aromatic carbocycles. The quantitative estimate of drug-likeness (QED) is 0.638. The van der Waals surface area contributed by atoms with Crippen LogP contribution in [0.3, 0.4) is 0 Å². The molecule has 3 rings (SSSR count). The van der Waals surface area contributed by atoms with Crippen LogP contribution in [0.5, 0.6) is 5.75 Å². The molecular weight excluding hydrogens is 430 g/mol. The van der Waals surface area contributed by atoms with Crippen molar-refractivity contribution in [3.8, 4) is 5.75 Å². The number of anilines is 2. The largest absolute Gasteiger partial charge is 0.490 e. The fourth-order valence-electron chi connectivity index (χ4n) is 2.97. The van der Waals surface area contributed by atoms with Crippen LogP contribution >= 0.6 is 11.6 Å². The molecule has 2 aromatic rings. The summed E-state index contributed by atoms with van der Waals surface area (Å²) in [6, 6.07) is 11.3. The average molecular weight is 454 g/mol. The van der Waals surface area contributed by atoms with E-state index in [1.807, 2.05) is 6.92 Å². The van der Waals surface area contributed by atoms with E-state index in [2.05, 4.69) is 10.6 Å². The van der Waals surface area contributed by atoms with Crippen molar-refractivity contribution in [2.24, 2.45) is 0 Å². The van der Waals surface area contributed by atoms with Crippen molar-refractivity contribution in [1.29, 1.82) is 0 Å². The number of nitrogens with one attached hydrogen (secondary N) is 2. The first-order valence-electron chi connectivity index (χ1n) is 9.55. The molecule has 1 aliphatic rings. The predicted molar refractivity (Wildman–Crippen MR) is 116 cm³/mol. The summed E-state index contributed by atoms with van der Waals surface area (Å²) >= 11 is 6.14. The number of ether oxygens (including phenoxy) is 2. The van der Waals surface area contributed by atoms with Crippen molar-refractivity contribution >= 4 is 38.9 Å². The zero-order valence-electron chi connectivity index (χ0n) is 16.6. The molecule has 0 aliphatic carbocycles. The zero-order valence-corrected chi connectivity index (χ0v) is 18.1. The van der Waals surface area contributed by atoms with Crippen LogP contribution in [-0.2, 0) is 19.6 Å². The monoisotopic (exact) mass is 453 g/mol. The highest BCUT2D eigenvalue weighted by molar-refractivity contribution is 7.89. The molecule has 0 spiro atoms. The molecule has 0 unspecified atom stereocenters. The molecule has 1 heterocycles. The Kier molecular flexibility index (Phi) is 7.54. The van der Waals surface area contributed by atoms with E-state index in [-0.39, 0.29) is 17.3 Å². The molecule has 1 fully saturated rings. The highest BCUT2D eigenvalue weighted by Crippen LogP contribution is 2.32. The maximum Gasteiger partial charge on any atom is 0.243 e. The molecule has 1 amide bonds. The summed E-state index contributed by atoms with van der Waals surface area (Å²) < 4.78 is 37.4. The molecule has 8 nitrogen and oxygen atoms in total. The molecular formula is C20H24ClN3O5S. The van der Waals surface area contributed by atoms with Gasteiger partial charge in [0.25, 0.3) is 0 Å². The van der Waals surface area contributed by atoms with Crippen LogP contribution in [0.1, 0.15) is 6.92 Å². The molecule has 0 aromatic heterocycles. The van der Waals surface area contributed by atoms with Crippen LogP contribution in [0.25, 0.3) is 0 Å². The molecule has 0 atom stereocenters. The highest BCUT2D eigenvalue weighted by atomic mass is 35.5. The Morgan fingerprint density at radius 3 is 2.53 bits per heavy atom. The van der Waals surface area contributed by atoms with E-state index in [0.29, 0.717) is 55.1 Å². The summed E-state index contributed by atoms with van der Waals surface area (Å²) in [5, 5.41) is 6.19. The van der Waals surface area contributed by atoms with Crippen molar-refractivity contribution < 1.29 is 22.7 Å². The van der Waals surface area contributed by atoms with Gasteiger partial charge in [0.15, 0.2) is 5.75 Å². The van der Waals surface area contributed by atoms with Gasteiger partial charge in [-0.1, -0.05) is 17.7 Å². The fraction of sp³-hybridized carbons (Fsp3) is 0.350. The SMILES string of the molecule is CCOc1c(Cl)cccc1NCC(=O)Nc1ccc(S(=O)(=O)N2CCOCC2)cc1. The van der Waals surface area contributed by atoms with Crippen molar-refractivity contribution in [2.45, 2.75) is 11.8 Å². The summed E-state index contributed by atoms with van der Waals surface area (Å²) in [7, 11) is -3.57. The molecule has 1 saturated heterocycles. The number of amides is 1. The minimum absolute atomic E-state index is 0.00571. The lowest BCUT2D eigenvalue weighted by Gasteiger charge is -2.26. The molecule has 30 heavy (non-hydrogen) atoms. The fourth-order valence-corrected chi connectivity index (χ4v) is 4.60. The Labute approximate surface area is 181 Å². The van der Waals surface area contributed by atoms with Gasteiger partial charge in [0.05, 0.1) is 42.0 Å². The van der Waals surface area contributed by atoms with Crippen molar-refractivity contribution in [3.63, 3.8) is 0 Å². The van der Waals surface area contributed by atoms with Gasteiger partial charge in [0.1, 0.15) is 0 Å². The molecule has 10 heteroatoms. The minimum Gasteiger partial charge on any atom is -0.490 e. The van der Waals surface area contributed by atoms with E-state index in [9.17, 15) is 13.2 Å². The van der Waals surface area contributed by atoms with Gasteiger partial charge in [-0.15, -0.1) is 0 Å². The lowest BCUT2D eigenvalue weighted by molar-refractivity contribution is -0.114. The number of morpholine rings is 1. The standard InChI is InChI=1S/C20H24ClN3O5S/c1-2-29-20-17(21)4-3-5-18(20)22-14-19(25)23-15-6-8-16(9-7-15)30(26,27)24-10-12-28-13-11-24/h3-9,22H,2,10-14H2,1H3,(H,23,25). The predicted octanol–water partition coefficient (Wildman–Crippen LogP) is 2.81. The number of hydrogen-bond donors (Lipinski definition) is 2. The van der Waals surface area contributed by atoms with Crippen LogP contribution < -0.4 is 15.4 Å². The van der Waals surface area contributed by atoms with Crippen LogP contribution in [0.15, 0.2) is 47.4 Å². The van der Waals surface area contributed by atoms with Crippen molar-refractivity contribution in [2.75, 3.05) is 50.1 Å². The molecule has 162 valence electrons. The number of halogens is 1. The van der Waals surface area contributed by atoms with E-state index in [0.717, 1.165) is 0 Å². The smallest absolute Gasteiger partial charge is 0.243 e. The molecule has 0 saturated carbocycles. The Morgan fingerprint density at radius 1 is 1.17 bits per heavy atom. The van der Waals surface area contributed by atoms with Gasteiger partial charge in [0.2, 0.25) is 15.9 Å². The number of carbonyl (C=O) groups is 1. The molecule has 0 radical (unpaired) electrons. The van der Waals surface area contributed by atoms with Gasteiger partial charge in [0, 0.05) is 18.8 Å². The highest BCUT2D eigenvalue weighted by Gasteiger charge is 2.26. The zero-order chi connectivity index (χ0) is 21.6. The Bertz CT molecular complexity index is 976. The number of hydrogen-bond acceptors (Lipinski definition) is 6. The summed E-state index contributed by atoms with van der Waals surface area (Å²) in [5.41, 5.74) is 1.12. The van der Waals surface area contributed by atoms with Gasteiger partial charge >= 0.3 is 0 Å². The lowest BCUT2D eigenvalue weighted by Crippen LogP contribution is -2.40. The first-order chi connectivity index (χ1) is 14.4. The van der Waals surface area contributed by atoms with Gasteiger partial charge in [-0.05, 0) is 43.3 Å². The number of sulfonamides is 1. The summed E-state index contributed by atoms with van der Waals surface area (Å²) in [6.07, 6.45) is 0. The van der Waals surface area contributed by atoms with Crippen molar-refractivity contribution in [3.05, 3.63) is 47.5 Å². The van der Waals surface area contributed by atoms with Gasteiger partial charge in [-0.25, -0.2) is 8.42 Å². The second-order valence-electron chi connectivity index (χ2n) is 6.49. The maximum absolute atomic E-state index is 12.6. The first-order valence-corrected chi connectivity index (χ1v) is 11.4. The van der Waals surface area contributed by atoms with Crippen LogP contribution in [0.2, 0.25) is 5.02 Å². The van der Waals surface area contributed by atoms with Gasteiger partial charge < -0.3 is 20.1 Å². The number of nitrogens with zero attached hydrogens (tertiary/aromatic N) is 1. The Morgan fingerprint density at radius 2 is 1.87 bits per heavy atom. The van der Waals surface area contributed by atoms with E-state index >= 15 is 0 Å². The van der Waals surface area contributed by atoms with Crippen LogP contribution in [-0.4, -0.2) is 58.1 Å². The summed E-state index contributed by atoms with van der Waals surface area (Å²) in [5.74, 6) is 0.202. The van der Waals surface area contributed by atoms with E-state index in [4.69, 9.17) is 21.1 Å². The normalized spacial score (nSPS) is 14.9. The molecule has 2 N–H and O–H groups in total. The second kappa shape index (κ2) is 10.1. The topological polar surface area (TPSA) is 97.0 Å². The van der Waals surface area contributed by atoms with Crippen LogP contribution in [0.4, 0.5) is 11.4 Å². The summed E-state index contributed by atoms with van der Waals surface area (Å²) in [4.78, 5) is 12.5. The number of carbonyl (C=O) groups excluding carboxylic acids is 1. The number of para-hydroxylation sites is 1. The third-order valence-electron chi connectivity index (χ3n) is 4.44. The third-order valence-corrected chi connectivity index (χ3v) is 6.65. The third kappa shape index (κ3) is 5.42.